The van der Waals surface area contributed by atoms with Crippen LogP contribution in [-0.4, -0.2) is 10.9 Å². The lowest BCUT2D eigenvalue weighted by Gasteiger charge is -1.87. The zero-order valence-corrected chi connectivity index (χ0v) is 5.59. The van der Waals surface area contributed by atoms with Crippen LogP contribution in [0.4, 0.5) is 0 Å². The lowest BCUT2D eigenvalue weighted by atomic mass is 10.3. The van der Waals surface area contributed by atoms with Gasteiger partial charge in [0.2, 0.25) is 5.78 Å². The Hall–Kier alpha value is -1.05. The van der Waals surface area contributed by atoms with Crippen molar-refractivity contribution in [1.29, 1.82) is 0 Å². The highest BCUT2D eigenvalue weighted by Crippen LogP contribution is 1.90. The number of aliphatic hydroxyl groups is 1. The van der Waals surface area contributed by atoms with Crippen molar-refractivity contribution >= 4 is 5.78 Å². The highest BCUT2D eigenvalue weighted by atomic mass is 16.3. The summed E-state index contributed by atoms with van der Waals surface area (Å²) >= 11 is 0. The molecule has 0 aliphatic carbocycles. The van der Waals surface area contributed by atoms with Gasteiger partial charge in [0.1, 0.15) is 0 Å². The van der Waals surface area contributed by atoms with Crippen molar-refractivity contribution in [2.75, 3.05) is 0 Å². The molecule has 0 radical (unpaired) electrons. The molecule has 0 aliphatic rings. The fraction of sp³-hybridized carbons (Fsp3) is 0.286. The Labute approximate surface area is 54.5 Å². The van der Waals surface area contributed by atoms with E-state index in [1.165, 1.54) is 12.2 Å². The minimum atomic E-state index is -0.347. The van der Waals surface area contributed by atoms with Gasteiger partial charge in [0.05, 0.1) is 0 Å². The van der Waals surface area contributed by atoms with E-state index in [0.29, 0.717) is 0 Å². The predicted molar refractivity (Wildman–Crippen MR) is 36.2 cm³/mol. The highest BCUT2D eigenvalue weighted by molar-refractivity contribution is 6.01. The molecule has 0 fully saturated rings. The molecule has 0 saturated carbocycles. The first kappa shape index (κ1) is 7.95. The van der Waals surface area contributed by atoms with E-state index in [1.807, 2.05) is 0 Å². The van der Waals surface area contributed by atoms with Crippen LogP contribution in [0.2, 0.25) is 0 Å². The third-order valence-corrected chi connectivity index (χ3v) is 0.844. The van der Waals surface area contributed by atoms with Crippen LogP contribution in [0, 0.1) is 0 Å². The minimum Gasteiger partial charge on any atom is -0.504 e. The van der Waals surface area contributed by atoms with E-state index in [2.05, 4.69) is 0 Å². The van der Waals surface area contributed by atoms with Crippen molar-refractivity contribution in [3.63, 3.8) is 0 Å². The third-order valence-electron chi connectivity index (χ3n) is 0.844. The van der Waals surface area contributed by atoms with E-state index in [1.54, 1.807) is 19.9 Å². The Morgan fingerprint density at radius 1 is 1.44 bits per heavy atom. The lowest BCUT2D eigenvalue weighted by molar-refractivity contribution is -0.113. The Kier molecular flexibility index (Phi) is 3.44. The molecule has 0 heterocycles. The summed E-state index contributed by atoms with van der Waals surface area (Å²) < 4.78 is 0. The number of allylic oxidation sites excluding steroid dienone is 3. The van der Waals surface area contributed by atoms with Gasteiger partial charge in [-0.15, -0.1) is 0 Å². The second-order valence-corrected chi connectivity index (χ2v) is 1.54. The molecule has 0 unspecified atom stereocenters. The van der Waals surface area contributed by atoms with Gasteiger partial charge in [-0.05, 0) is 26.0 Å². The summed E-state index contributed by atoms with van der Waals surface area (Å²) in [6, 6.07) is 0. The summed E-state index contributed by atoms with van der Waals surface area (Å²) in [6.45, 7) is 3.33. The first-order valence-electron chi connectivity index (χ1n) is 2.74. The number of aliphatic hydroxyl groups excluding tert-OH is 1. The monoisotopic (exact) mass is 126 g/mol. The SMILES string of the molecule is C/C=C\C(=O)/C(O)=C\C. The predicted octanol–water partition coefficient (Wildman–Crippen LogP) is 1.59. The molecule has 0 amide bonds. The molecule has 0 aromatic rings. The van der Waals surface area contributed by atoms with Gasteiger partial charge in [-0.25, -0.2) is 0 Å². The van der Waals surface area contributed by atoms with Gasteiger partial charge in [0, 0.05) is 0 Å². The van der Waals surface area contributed by atoms with E-state index in [-0.39, 0.29) is 11.5 Å². The smallest absolute Gasteiger partial charge is 0.219 e. The Bertz CT molecular complexity index is 154. The minimum absolute atomic E-state index is 0.201. The fourth-order valence-corrected chi connectivity index (χ4v) is 0.379. The highest BCUT2D eigenvalue weighted by Gasteiger charge is 1.97. The van der Waals surface area contributed by atoms with E-state index in [0.717, 1.165) is 0 Å². The lowest BCUT2D eigenvalue weighted by Crippen LogP contribution is -1.95. The standard InChI is InChI=1S/C7H10O2/c1-3-5-7(9)6(8)4-2/h3-5,8H,1-2H3/b5-3-,6-4+. The number of hydrogen-bond acceptors (Lipinski definition) is 2. The van der Waals surface area contributed by atoms with Crippen LogP contribution in [0.15, 0.2) is 24.0 Å². The van der Waals surface area contributed by atoms with Crippen LogP contribution in [-0.2, 0) is 4.79 Å². The quantitative estimate of drug-likeness (QED) is 0.450. The molecule has 2 nitrogen and oxygen atoms in total. The second kappa shape index (κ2) is 3.89. The molecule has 1 N–H and O–H groups in total. The first-order valence-corrected chi connectivity index (χ1v) is 2.74. The van der Waals surface area contributed by atoms with E-state index in [4.69, 9.17) is 5.11 Å². The zero-order chi connectivity index (χ0) is 7.28. The second-order valence-electron chi connectivity index (χ2n) is 1.54. The van der Waals surface area contributed by atoms with E-state index < -0.39 is 0 Å². The van der Waals surface area contributed by atoms with Crippen molar-refractivity contribution in [1.82, 2.24) is 0 Å². The fourth-order valence-electron chi connectivity index (χ4n) is 0.379. The molecular weight excluding hydrogens is 116 g/mol. The maximum atomic E-state index is 10.6. The van der Waals surface area contributed by atoms with Crippen LogP contribution < -0.4 is 0 Å². The van der Waals surface area contributed by atoms with Gasteiger partial charge in [0.25, 0.3) is 0 Å². The number of ketones is 1. The average molecular weight is 126 g/mol. The van der Waals surface area contributed by atoms with Crippen molar-refractivity contribution in [2.24, 2.45) is 0 Å². The van der Waals surface area contributed by atoms with Crippen LogP contribution >= 0.6 is 0 Å². The van der Waals surface area contributed by atoms with E-state index in [9.17, 15) is 4.79 Å². The number of carbonyl (C=O) groups is 1. The van der Waals surface area contributed by atoms with Crippen molar-refractivity contribution < 1.29 is 9.90 Å². The molecule has 0 saturated heterocycles. The summed E-state index contributed by atoms with van der Waals surface area (Å²) in [5, 5.41) is 8.72. The van der Waals surface area contributed by atoms with Crippen molar-refractivity contribution in [2.45, 2.75) is 13.8 Å². The summed E-state index contributed by atoms with van der Waals surface area (Å²) in [4.78, 5) is 10.6. The molecular formula is C7H10O2. The number of carbonyl (C=O) groups excluding carboxylic acids is 1. The molecule has 2 heteroatoms. The maximum absolute atomic E-state index is 10.6. The summed E-state index contributed by atoms with van der Waals surface area (Å²) in [5.41, 5.74) is 0. The van der Waals surface area contributed by atoms with Gasteiger partial charge < -0.3 is 5.11 Å². The summed E-state index contributed by atoms with van der Waals surface area (Å²) in [7, 11) is 0. The third kappa shape index (κ3) is 2.69. The number of rotatable bonds is 2. The maximum Gasteiger partial charge on any atom is 0.219 e. The van der Waals surface area contributed by atoms with Crippen LogP contribution in [0.3, 0.4) is 0 Å². The van der Waals surface area contributed by atoms with Crippen LogP contribution in [0.25, 0.3) is 0 Å². The molecule has 0 aromatic carbocycles. The Balaban J connectivity index is 4.05. The Morgan fingerprint density at radius 3 is 2.33 bits per heavy atom. The zero-order valence-electron chi connectivity index (χ0n) is 5.59. The molecule has 9 heavy (non-hydrogen) atoms. The molecule has 0 rings (SSSR count). The van der Waals surface area contributed by atoms with Crippen molar-refractivity contribution in [3.05, 3.63) is 24.0 Å². The summed E-state index contributed by atoms with van der Waals surface area (Å²) in [5.74, 6) is -0.548. The first-order chi connectivity index (χ1) is 4.22. The van der Waals surface area contributed by atoms with Crippen molar-refractivity contribution in [3.8, 4) is 0 Å². The molecule has 0 aliphatic heterocycles. The molecule has 0 bridgehead atoms. The van der Waals surface area contributed by atoms with E-state index >= 15 is 0 Å². The summed E-state index contributed by atoms with van der Waals surface area (Å²) in [6.07, 6.45) is 4.26. The van der Waals surface area contributed by atoms with Gasteiger partial charge in [0.15, 0.2) is 5.76 Å². The molecule has 0 atom stereocenters. The van der Waals surface area contributed by atoms with Gasteiger partial charge in [-0.3, -0.25) is 4.79 Å². The molecule has 0 aromatic heterocycles. The van der Waals surface area contributed by atoms with Crippen LogP contribution in [0.1, 0.15) is 13.8 Å². The largest absolute Gasteiger partial charge is 0.504 e. The Morgan fingerprint density at radius 2 is 2.00 bits per heavy atom. The average Bonchev–Trinajstić information content (AvgIpc) is 1.87. The topological polar surface area (TPSA) is 37.3 Å². The van der Waals surface area contributed by atoms with Gasteiger partial charge in [-0.2, -0.15) is 0 Å². The number of hydrogen-bond donors (Lipinski definition) is 1. The van der Waals surface area contributed by atoms with Gasteiger partial charge in [-0.1, -0.05) is 6.08 Å². The normalized spacial score (nSPS) is 12.4. The molecule has 0 spiro atoms. The van der Waals surface area contributed by atoms with Gasteiger partial charge >= 0.3 is 0 Å². The van der Waals surface area contributed by atoms with Crippen LogP contribution in [0.5, 0.6) is 0 Å². The molecule has 50 valence electrons.